The number of rotatable bonds is 4. The number of amides is 1. The van der Waals surface area contributed by atoms with Gasteiger partial charge in [-0.3, -0.25) is 4.79 Å². The summed E-state index contributed by atoms with van der Waals surface area (Å²) in [5, 5.41) is 11.0. The van der Waals surface area contributed by atoms with Crippen molar-refractivity contribution in [3.63, 3.8) is 0 Å². The maximum absolute atomic E-state index is 12.4. The zero-order chi connectivity index (χ0) is 13.8. The summed E-state index contributed by atoms with van der Waals surface area (Å²) >= 11 is 0. The minimum atomic E-state index is 0.139. The molecule has 1 amide bonds. The molecule has 1 aliphatic rings. The molecule has 1 aromatic rings. The normalized spacial score (nSPS) is 23.6. The summed E-state index contributed by atoms with van der Waals surface area (Å²) in [5.74, 6) is 0.139. The van der Waals surface area contributed by atoms with E-state index in [4.69, 9.17) is 0 Å². The Morgan fingerprint density at radius 2 is 2.11 bits per heavy atom. The van der Waals surface area contributed by atoms with Crippen LogP contribution in [0.2, 0.25) is 0 Å². The van der Waals surface area contributed by atoms with Crippen LogP contribution in [0.3, 0.4) is 0 Å². The van der Waals surface area contributed by atoms with Crippen LogP contribution in [0.4, 0.5) is 0 Å². The van der Waals surface area contributed by atoms with Gasteiger partial charge >= 0.3 is 0 Å². The van der Waals surface area contributed by atoms with Crippen molar-refractivity contribution < 1.29 is 4.79 Å². The van der Waals surface area contributed by atoms with Crippen LogP contribution in [0.15, 0.2) is 6.20 Å². The molecule has 0 aliphatic carbocycles. The summed E-state index contributed by atoms with van der Waals surface area (Å²) in [5.41, 5.74) is 0.857. The van der Waals surface area contributed by atoms with Gasteiger partial charge in [0.25, 0.3) is 0 Å². The van der Waals surface area contributed by atoms with Crippen LogP contribution in [-0.4, -0.2) is 44.9 Å². The van der Waals surface area contributed by atoms with Crippen LogP contribution in [0.5, 0.6) is 0 Å². The first kappa shape index (κ1) is 14.0. The van der Waals surface area contributed by atoms with Crippen LogP contribution in [-0.2, 0) is 17.9 Å². The van der Waals surface area contributed by atoms with Gasteiger partial charge < -0.3 is 10.2 Å². The van der Waals surface area contributed by atoms with E-state index >= 15 is 0 Å². The monoisotopic (exact) mass is 265 g/mol. The molecule has 106 valence electrons. The van der Waals surface area contributed by atoms with Crippen LogP contribution in [0.1, 0.15) is 38.8 Å². The van der Waals surface area contributed by atoms with E-state index in [1.165, 1.54) is 6.42 Å². The molecule has 6 heteroatoms. The van der Waals surface area contributed by atoms with Gasteiger partial charge in [-0.25, -0.2) is 4.68 Å². The third-order valence-corrected chi connectivity index (χ3v) is 3.72. The molecular formula is C13H23N5O. The third kappa shape index (κ3) is 3.32. The first-order valence-corrected chi connectivity index (χ1v) is 6.96. The molecule has 1 N–H and O–H groups in total. The molecular weight excluding hydrogens is 242 g/mol. The molecule has 1 aliphatic heterocycles. The molecule has 0 radical (unpaired) electrons. The SMILES string of the molecule is CNCc1cn(CC(=O)N2C(C)CCCC2C)nn1. The van der Waals surface area contributed by atoms with Crippen molar-refractivity contribution in [1.82, 2.24) is 25.2 Å². The largest absolute Gasteiger partial charge is 0.336 e. The Kier molecular flexibility index (Phi) is 4.52. The maximum atomic E-state index is 12.4. The highest BCUT2D eigenvalue weighted by molar-refractivity contribution is 5.76. The molecule has 2 unspecified atom stereocenters. The molecule has 0 bridgehead atoms. The molecule has 19 heavy (non-hydrogen) atoms. The molecule has 1 aromatic heterocycles. The van der Waals surface area contributed by atoms with Crippen molar-refractivity contribution in [3.05, 3.63) is 11.9 Å². The molecule has 0 spiro atoms. The van der Waals surface area contributed by atoms with Crippen LogP contribution in [0, 0.1) is 0 Å². The van der Waals surface area contributed by atoms with Crippen molar-refractivity contribution in [2.75, 3.05) is 7.05 Å². The Morgan fingerprint density at radius 3 is 2.74 bits per heavy atom. The van der Waals surface area contributed by atoms with E-state index in [1.807, 2.05) is 18.1 Å². The predicted molar refractivity (Wildman–Crippen MR) is 72.4 cm³/mol. The molecule has 0 saturated carbocycles. The number of aromatic nitrogens is 3. The third-order valence-electron chi connectivity index (χ3n) is 3.72. The second kappa shape index (κ2) is 6.14. The number of nitrogens with zero attached hydrogens (tertiary/aromatic N) is 4. The highest BCUT2D eigenvalue weighted by atomic mass is 16.2. The first-order chi connectivity index (χ1) is 9.11. The van der Waals surface area contributed by atoms with Gasteiger partial charge in [0.1, 0.15) is 6.54 Å². The van der Waals surface area contributed by atoms with Crippen molar-refractivity contribution in [1.29, 1.82) is 0 Å². The highest BCUT2D eigenvalue weighted by Crippen LogP contribution is 2.22. The zero-order valence-corrected chi connectivity index (χ0v) is 12.0. The van der Waals surface area contributed by atoms with Gasteiger partial charge in [-0.1, -0.05) is 5.21 Å². The molecule has 1 saturated heterocycles. The van der Waals surface area contributed by atoms with E-state index in [1.54, 1.807) is 4.68 Å². The second-order valence-electron chi connectivity index (χ2n) is 5.37. The van der Waals surface area contributed by atoms with Gasteiger partial charge in [0.2, 0.25) is 5.91 Å². The first-order valence-electron chi connectivity index (χ1n) is 6.96. The Labute approximate surface area is 114 Å². The van der Waals surface area contributed by atoms with Gasteiger partial charge in [0.05, 0.1) is 11.9 Å². The summed E-state index contributed by atoms with van der Waals surface area (Å²) in [4.78, 5) is 14.4. The van der Waals surface area contributed by atoms with Crippen molar-refractivity contribution >= 4 is 5.91 Å². The lowest BCUT2D eigenvalue weighted by Gasteiger charge is -2.39. The summed E-state index contributed by atoms with van der Waals surface area (Å²) < 4.78 is 1.63. The molecule has 6 nitrogen and oxygen atoms in total. The average molecular weight is 265 g/mol. The second-order valence-corrected chi connectivity index (χ2v) is 5.37. The molecule has 2 atom stereocenters. The topological polar surface area (TPSA) is 63.1 Å². The number of nitrogens with one attached hydrogen (secondary N) is 1. The van der Waals surface area contributed by atoms with E-state index in [-0.39, 0.29) is 12.5 Å². The van der Waals surface area contributed by atoms with Gasteiger partial charge in [-0.05, 0) is 40.2 Å². The number of hydrogen-bond donors (Lipinski definition) is 1. The number of carbonyl (C=O) groups is 1. The quantitative estimate of drug-likeness (QED) is 0.874. The zero-order valence-electron chi connectivity index (χ0n) is 12.0. The van der Waals surface area contributed by atoms with E-state index in [2.05, 4.69) is 29.5 Å². The Morgan fingerprint density at radius 1 is 1.42 bits per heavy atom. The van der Waals surface area contributed by atoms with Crippen LogP contribution >= 0.6 is 0 Å². The molecule has 2 rings (SSSR count). The van der Waals surface area contributed by atoms with Gasteiger partial charge in [0, 0.05) is 18.6 Å². The smallest absolute Gasteiger partial charge is 0.244 e. The van der Waals surface area contributed by atoms with Crippen molar-refractivity contribution in [3.8, 4) is 0 Å². The Balaban J connectivity index is 1.98. The Bertz CT molecular complexity index is 420. The van der Waals surface area contributed by atoms with Crippen LogP contribution < -0.4 is 5.32 Å². The fraction of sp³-hybridized carbons (Fsp3) is 0.769. The number of piperidine rings is 1. The fourth-order valence-electron chi connectivity index (χ4n) is 2.81. The molecule has 0 aromatic carbocycles. The van der Waals surface area contributed by atoms with Gasteiger partial charge in [-0.15, -0.1) is 5.10 Å². The molecule has 1 fully saturated rings. The standard InChI is InChI=1S/C13H23N5O/c1-10-5-4-6-11(2)18(10)13(19)9-17-8-12(7-14-3)15-16-17/h8,10-11,14H,4-7,9H2,1-3H3. The summed E-state index contributed by atoms with van der Waals surface area (Å²) in [6.45, 7) is 5.21. The lowest BCUT2D eigenvalue weighted by Crippen LogP contribution is -2.48. The predicted octanol–water partition coefficient (Wildman–Crippen LogP) is 0.787. The van der Waals surface area contributed by atoms with E-state index in [9.17, 15) is 4.79 Å². The highest BCUT2D eigenvalue weighted by Gasteiger charge is 2.28. The van der Waals surface area contributed by atoms with E-state index in [0.29, 0.717) is 18.6 Å². The summed E-state index contributed by atoms with van der Waals surface area (Å²) in [6, 6.07) is 0.660. The fourth-order valence-corrected chi connectivity index (χ4v) is 2.81. The summed E-state index contributed by atoms with van der Waals surface area (Å²) in [7, 11) is 1.86. The minimum absolute atomic E-state index is 0.139. The van der Waals surface area contributed by atoms with Crippen LogP contribution in [0.25, 0.3) is 0 Å². The Hall–Kier alpha value is -1.43. The molecule has 2 heterocycles. The number of hydrogen-bond acceptors (Lipinski definition) is 4. The van der Waals surface area contributed by atoms with E-state index < -0.39 is 0 Å². The van der Waals surface area contributed by atoms with Gasteiger partial charge in [-0.2, -0.15) is 0 Å². The lowest BCUT2D eigenvalue weighted by molar-refractivity contribution is -0.138. The maximum Gasteiger partial charge on any atom is 0.244 e. The minimum Gasteiger partial charge on any atom is -0.336 e. The number of likely N-dealkylation sites (tertiary alicyclic amines) is 1. The average Bonchev–Trinajstić information content (AvgIpc) is 2.77. The number of carbonyl (C=O) groups excluding carboxylic acids is 1. The van der Waals surface area contributed by atoms with Crippen molar-refractivity contribution in [2.45, 2.75) is 58.3 Å². The lowest BCUT2D eigenvalue weighted by atomic mass is 9.97. The summed E-state index contributed by atoms with van der Waals surface area (Å²) in [6.07, 6.45) is 5.23. The van der Waals surface area contributed by atoms with Gasteiger partial charge in [0.15, 0.2) is 0 Å². The van der Waals surface area contributed by atoms with E-state index in [0.717, 1.165) is 18.5 Å². The van der Waals surface area contributed by atoms with Crippen molar-refractivity contribution in [2.24, 2.45) is 0 Å².